The molecular weight excluding hydrogens is 262 g/mol. The molecule has 0 unspecified atom stereocenters. The fraction of sp³-hybridized carbons (Fsp3) is 0.588. The molecule has 0 aromatic carbocycles. The first-order valence-corrected chi connectivity index (χ1v) is 8.01. The van der Waals surface area contributed by atoms with Crippen molar-refractivity contribution in [1.82, 2.24) is 14.9 Å². The second-order valence-electron chi connectivity index (χ2n) is 6.44. The predicted octanol–water partition coefficient (Wildman–Crippen LogP) is 2.94. The molecule has 0 saturated carbocycles. The number of piperidine rings is 1. The smallest absolute Gasteiger partial charge is 0.137 e. The van der Waals surface area contributed by atoms with Crippen molar-refractivity contribution in [3.63, 3.8) is 0 Å². The number of hydrogen-bond donors (Lipinski definition) is 2. The molecule has 0 aliphatic carbocycles. The van der Waals surface area contributed by atoms with Crippen molar-refractivity contribution >= 4 is 11.0 Å². The van der Waals surface area contributed by atoms with Crippen LogP contribution in [-0.4, -0.2) is 39.7 Å². The van der Waals surface area contributed by atoms with Crippen LogP contribution in [-0.2, 0) is 6.54 Å². The highest BCUT2D eigenvalue weighted by atomic mass is 16.3. The molecule has 0 radical (unpaired) electrons. The number of aromatic amines is 1. The first-order chi connectivity index (χ1) is 10.2. The molecule has 1 atom stereocenters. The summed E-state index contributed by atoms with van der Waals surface area (Å²) in [7, 11) is 0. The molecule has 114 valence electrons. The van der Waals surface area contributed by atoms with Crippen LogP contribution >= 0.6 is 0 Å². The van der Waals surface area contributed by atoms with Gasteiger partial charge in [-0.05, 0) is 44.0 Å². The summed E-state index contributed by atoms with van der Waals surface area (Å²) in [6, 6.07) is 6.29. The van der Waals surface area contributed by atoms with Gasteiger partial charge in [0.1, 0.15) is 5.65 Å². The van der Waals surface area contributed by atoms with Crippen molar-refractivity contribution in [3.8, 4) is 0 Å². The number of nitrogens with one attached hydrogen (secondary N) is 1. The van der Waals surface area contributed by atoms with Gasteiger partial charge >= 0.3 is 0 Å². The third kappa shape index (κ3) is 3.11. The van der Waals surface area contributed by atoms with Gasteiger partial charge < -0.3 is 10.1 Å². The SMILES string of the molecule is CCC[C@@]1(CO)CCCN(Cc2ccc3cc[nH]c3n2)C1. The third-order valence-corrected chi connectivity index (χ3v) is 4.71. The molecule has 4 heteroatoms. The lowest BCUT2D eigenvalue weighted by molar-refractivity contribution is 0.0212. The Morgan fingerprint density at radius 3 is 3.10 bits per heavy atom. The fourth-order valence-corrected chi connectivity index (χ4v) is 3.68. The summed E-state index contributed by atoms with van der Waals surface area (Å²) in [4.78, 5) is 10.3. The van der Waals surface area contributed by atoms with E-state index in [1.807, 2.05) is 12.3 Å². The van der Waals surface area contributed by atoms with E-state index in [2.05, 4.69) is 33.9 Å². The molecule has 2 aromatic heterocycles. The Kier molecular flexibility index (Phi) is 4.27. The topological polar surface area (TPSA) is 52.1 Å². The highest BCUT2D eigenvalue weighted by Gasteiger charge is 2.34. The minimum atomic E-state index is 0.101. The minimum absolute atomic E-state index is 0.101. The second-order valence-corrected chi connectivity index (χ2v) is 6.44. The van der Waals surface area contributed by atoms with E-state index in [0.717, 1.165) is 55.6 Å². The highest BCUT2D eigenvalue weighted by molar-refractivity contribution is 5.75. The fourth-order valence-electron chi connectivity index (χ4n) is 3.68. The summed E-state index contributed by atoms with van der Waals surface area (Å²) in [6.45, 7) is 5.48. The van der Waals surface area contributed by atoms with Crippen LogP contribution in [0.1, 0.15) is 38.3 Å². The molecule has 21 heavy (non-hydrogen) atoms. The molecule has 3 heterocycles. The number of aliphatic hydroxyl groups excluding tert-OH is 1. The van der Waals surface area contributed by atoms with Crippen LogP contribution in [0.3, 0.4) is 0 Å². The van der Waals surface area contributed by atoms with Crippen LogP contribution in [0.2, 0.25) is 0 Å². The maximum atomic E-state index is 9.82. The van der Waals surface area contributed by atoms with E-state index in [1.165, 1.54) is 6.42 Å². The molecule has 1 aliphatic rings. The lowest BCUT2D eigenvalue weighted by Gasteiger charge is -2.41. The summed E-state index contributed by atoms with van der Waals surface area (Å²) in [6.07, 6.45) is 6.51. The molecule has 3 rings (SSSR count). The van der Waals surface area contributed by atoms with Gasteiger partial charge in [-0.3, -0.25) is 4.90 Å². The Morgan fingerprint density at radius 2 is 2.29 bits per heavy atom. The highest BCUT2D eigenvalue weighted by Crippen LogP contribution is 2.34. The summed E-state index contributed by atoms with van der Waals surface area (Å²) in [5.74, 6) is 0. The monoisotopic (exact) mass is 287 g/mol. The number of rotatable bonds is 5. The Morgan fingerprint density at radius 1 is 1.38 bits per heavy atom. The van der Waals surface area contributed by atoms with Gasteiger partial charge in [0.25, 0.3) is 0 Å². The van der Waals surface area contributed by atoms with E-state index in [4.69, 9.17) is 0 Å². The molecule has 2 N–H and O–H groups in total. The van der Waals surface area contributed by atoms with Crippen LogP contribution in [0.5, 0.6) is 0 Å². The molecule has 0 amide bonds. The lowest BCUT2D eigenvalue weighted by atomic mass is 9.77. The predicted molar refractivity (Wildman–Crippen MR) is 85.0 cm³/mol. The Balaban J connectivity index is 1.71. The summed E-state index contributed by atoms with van der Waals surface area (Å²) >= 11 is 0. The molecule has 0 spiro atoms. The van der Waals surface area contributed by atoms with E-state index in [-0.39, 0.29) is 5.41 Å². The van der Waals surface area contributed by atoms with Gasteiger partial charge in [-0.1, -0.05) is 13.3 Å². The number of likely N-dealkylation sites (tertiary alicyclic amines) is 1. The summed E-state index contributed by atoms with van der Waals surface area (Å²) in [5, 5.41) is 11.0. The van der Waals surface area contributed by atoms with Crippen LogP contribution in [0.25, 0.3) is 11.0 Å². The number of hydrogen-bond acceptors (Lipinski definition) is 3. The third-order valence-electron chi connectivity index (χ3n) is 4.71. The molecule has 2 aromatic rings. The van der Waals surface area contributed by atoms with Crippen molar-refractivity contribution in [2.24, 2.45) is 5.41 Å². The standard InChI is InChI=1S/C17H25N3O/c1-2-7-17(13-21)8-3-10-20(12-17)11-15-5-4-14-6-9-18-16(14)19-15/h4-6,9,21H,2-3,7-8,10-13H2,1H3,(H,18,19)/t17-/m1/s1. The minimum Gasteiger partial charge on any atom is -0.396 e. The van der Waals surface area contributed by atoms with E-state index < -0.39 is 0 Å². The van der Waals surface area contributed by atoms with Gasteiger partial charge in [0.05, 0.1) is 5.69 Å². The van der Waals surface area contributed by atoms with Crippen LogP contribution in [0.4, 0.5) is 0 Å². The molecule has 1 aliphatic heterocycles. The number of H-pyrrole nitrogens is 1. The van der Waals surface area contributed by atoms with E-state index in [1.54, 1.807) is 0 Å². The number of fused-ring (bicyclic) bond motifs is 1. The molecular formula is C17H25N3O. The van der Waals surface area contributed by atoms with Crippen molar-refractivity contribution < 1.29 is 5.11 Å². The largest absolute Gasteiger partial charge is 0.396 e. The van der Waals surface area contributed by atoms with Gasteiger partial charge in [0, 0.05) is 36.7 Å². The van der Waals surface area contributed by atoms with Crippen molar-refractivity contribution in [3.05, 3.63) is 30.1 Å². The average Bonchev–Trinajstić information content (AvgIpc) is 2.95. The van der Waals surface area contributed by atoms with Crippen molar-refractivity contribution in [2.45, 2.75) is 39.2 Å². The first kappa shape index (κ1) is 14.5. The summed E-state index contributed by atoms with van der Waals surface area (Å²) in [5.41, 5.74) is 2.17. The summed E-state index contributed by atoms with van der Waals surface area (Å²) < 4.78 is 0. The normalized spacial score (nSPS) is 23.7. The zero-order valence-electron chi connectivity index (χ0n) is 12.8. The maximum absolute atomic E-state index is 9.82. The van der Waals surface area contributed by atoms with Crippen LogP contribution in [0.15, 0.2) is 24.4 Å². The van der Waals surface area contributed by atoms with Gasteiger partial charge in [-0.15, -0.1) is 0 Å². The molecule has 1 fully saturated rings. The molecule has 0 bridgehead atoms. The molecule has 4 nitrogen and oxygen atoms in total. The first-order valence-electron chi connectivity index (χ1n) is 8.01. The van der Waals surface area contributed by atoms with Crippen LogP contribution in [0, 0.1) is 5.41 Å². The van der Waals surface area contributed by atoms with Gasteiger partial charge in [0.15, 0.2) is 0 Å². The van der Waals surface area contributed by atoms with Crippen LogP contribution < -0.4 is 0 Å². The zero-order chi connectivity index (χ0) is 14.7. The van der Waals surface area contributed by atoms with Gasteiger partial charge in [-0.2, -0.15) is 0 Å². The van der Waals surface area contributed by atoms with Crippen molar-refractivity contribution in [2.75, 3.05) is 19.7 Å². The Labute approximate surface area is 126 Å². The number of pyridine rings is 1. The van der Waals surface area contributed by atoms with Gasteiger partial charge in [-0.25, -0.2) is 4.98 Å². The number of aromatic nitrogens is 2. The van der Waals surface area contributed by atoms with E-state index in [0.29, 0.717) is 6.61 Å². The molecule has 1 saturated heterocycles. The van der Waals surface area contributed by atoms with Gasteiger partial charge in [0.2, 0.25) is 0 Å². The lowest BCUT2D eigenvalue weighted by Crippen LogP contribution is -2.45. The maximum Gasteiger partial charge on any atom is 0.137 e. The Hall–Kier alpha value is -1.39. The van der Waals surface area contributed by atoms with E-state index >= 15 is 0 Å². The van der Waals surface area contributed by atoms with E-state index in [9.17, 15) is 5.11 Å². The average molecular weight is 287 g/mol. The van der Waals surface area contributed by atoms with Crippen molar-refractivity contribution in [1.29, 1.82) is 0 Å². The Bertz CT molecular complexity index is 590. The number of aliphatic hydroxyl groups is 1. The zero-order valence-corrected chi connectivity index (χ0v) is 12.8. The quantitative estimate of drug-likeness (QED) is 0.889. The second kappa shape index (κ2) is 6.16. The number of nitrogens with zero attached hydrogens (tertiary/aromatic N) is 2.